The van der Waals surface area contributed by atoms with Gasteiger partial charge in [0.2, 0.25) is 11.8 Å². The van der Waals surface area contributed by atoms with Crippen molar-refractivity contribution in [3.05, 3.63) is 54.1 Å². The summed E-state index contributed by atoms with van der Waals surface area (Å²) in [5, 5.41) is 2.71. The lowest BCUT2D eigenvalue weighted by Crippen LogP contribution is -2.32. The fourth-order valence-electron chi connectivity index (χ4n) is 2.36. The SMILES string of the molecule is CCOc1ccc(NC(=O)CCN(C(C)=O)c2ccc(F)c(F)c2)cc1. The Morgan fingerprint density at radius 2 is 1.77 bits per heavy atom. The molecule has 0 aliphatic heterocycles. The van der Waals surface area contributed by atoms with Gasteiger partial charge in [0.1, 0.15) is 5.75 Å². The van der Waals surface area contributed by atoms with Gasteiger partial charge in [-0.15, -0.1) is 0 Å². The molecule has 2 aromatic carbocycles. The number of carbonyl (C=O) groups excluding carboxylic acids is 2. The molecular formula is C19H20F2N2O3. The molecular weight excluding hydrogens is 342 g/mol. The van der Waals surface area contributed by atoms with E-state index in [-0.39, 0.29) is 30.5 Å². The van der Waals surface area contributed by atoms with Crippen LogP contribution in [0, 0.1) is 11.6 Å². The van der Waals surface area contributed by atoms with Crippen molar-refractivity contribution in [1.29, 1.82) is 0 Å². The molecule has 2 rings (SSSR count). The number of benzene rings is 2. The second-order valence-corrected chi connectivity index (χ2v) is 5.52. The molecule has 0 fully saturated rings. The van der Waals surface area contributed by atoms with Crippen LogP contribution in [-0.4, -0.2) is 25.0 Å². The minimum Gasteiger partial charge on any atom is -0.494 e. The Bertz CT molecular complexity index is 779. The Balaban J connectivity index is 1.96. The van der Waals surface area contributed by atoms with Crippen LogP contribution in [0.15, 0.2) is 42.5 Å². The van der Waals surface area contributed by atoms with E-state index >= 15 is 0 Å². The highest BCUT2D eigenvalue weighted by molar-refractivity contribution is 5.94. The standard InChI is InChI=1S/C19H20F2N2O3/c1-3-26-16-7-4-14(5-8-16)22-19(25)10-11-23(13(2)24)15-6-9-17(20)18(21)12-15/h4-9,12H,3,10-11H2,1-2H3,(H,22,25). The van der Waals surface area contributed by atoms with Gasteiger partial charge in [-0.05, 0) is 43.3 Å². The number of ether oxygens (including phenoxy) is 1. The Hall–Kier alpha value is -2.96. The van der Waals surface area contributed by atoms with E-state index in [1.165, 1.54) is 17.9 Å². The lowest BCUT2D eigenvalue weighted by atomic mass is 10.2. The molecule has 2 amide bonds. The van der Waals surface area contributed by atoms with Crippen LogP contribution >= 0.6 is 0 Å². The number of hydrogen-bond acceptors (Lipinski definition) is 3. The molecule has 0 aliphatic carbocycles. The first-order valence-electron chi connectivity index (χ1n) is 8.16. The number of carbonyl (C=O) groups is 2. The normalized spacial score (nSPS) is 10.3. The average molecular weight is 362 g/mol. The molecule has 0 bridgehead atoms. The highest BCUT2D eigenvalue weighted by Gasteiger charge is 2.15. The van der Waals surface area contributed by atoms with Gasteiger partial charge in [0.15, 0.2) is 11.6 Å². The van der Waals surface area contributed by atoms with E-state index in [2.05, 4.69) is 5.32 Å². The van der Waals surface area contributed by atoms with E-state index in [1.807, 2.05) is 6.92 Å². The number of anilines is 2. The minimum absolute atomic E-state index is 0.00574. The summed E-state index contributed by atoms with van der Waals surface area (Å²) < 4.78 is 31.7. The second kappa shape index (κ2) is 8.94. The van der Waals surface area contributed by atoms with Crippen LogP contribution in [0.2, 0.25) is 0 Å². The molecule has 0 saturated carbocycles. The van der Waals surface area contributed by atoms with E-state index in [1.54, 1.807) is 24.3 Å². The molecule has 7 heteroatoms. The largest absolute Gasteiger partial charge is 0.494 e. The monoisotopic (exact) mass is 362 g/mol. The van der Waals surface area contributed by atoms with E-state index in [4.69, 9.17) is 4.74 Å². The predicted octanol–water partition coefficient (Wildman–Crippen LogP) is 3.75. The van der Waals surface area contributed by atoms with Gasteiger partial charge in [0.05, 0.1) is 6.61 Å². The van der Waals surface area contributed by atoms with Gasteiger partial charge >= 0.3 is 0 Å². The molecule has 2 aromatic rings. The van der Waals surface area contributed by atoms with Crippen molar-refractivity contribution >= 4 is 23.2 Å². The molecule has 0 atom stereocenters. The summed E-state index contributed by atoms with van der Waals surface area (Å²) in [6.07, 6.45) is 0.00574. The van der Waals surface area contributed by atoms with Crippen LogP contribution in [0.3, 0.4) is 0 Å². The van der Waals surface area contributed by atoms with E-state index in [9.17, 15) is 18.4 Å². The molecule has 0 heterocycles. The number of nitrogens with one attached hydrogen (secondary N) is 1. The lowest BCUT2D eigenvalue weighted by molar-refractivity contribution is -0.117. The molecule has 1 N–H and O–H groups in total. The van der Waals surface area contributed by atoms with Gasteiger partial charge in [0, 0.05) is 37.3 Å². The first kappa shape index (κ1) is 19.4. The van der Waals surface area contributed by atoms with Crippen molar-refractivity contribution in [3.63, 3.8) is 0 Å². The summed E-state index contributed by atoms with van der Waals surface area (Å²) in [5.41, 5.74) is 0.797. The quantitative estimate of drug-likeness (QED) is 0.816. The second-order valence-electron chi connectivity index (χ2n) is 5.52. The number of rotatable bonds is 7. The highest BCUT2D eigenvalue weighted by atomic mass is 19.2. The highest BCUT2D eigenvalue weighted by Crippen LogP contribution is 2.19. The first-order valence-corrected chi connectivity index (χ1v) is 8.16. The number of hydrogen-bond donors (Lipinski definition) is 1. The van der Waals surface area contributed by atoms with Crippen LogP contribution in [0.1, 0.15) is 20.3 Å². The average Bonchev–Trinajstić information content (AvgIpc) is 2.60. The van der Waals surface area contributed by atoms with Crippen LogP contribution in [0.4, 0.5) is 20.2 Å². The maximum Gasteiger partial charge on any atom is 0.226 e. The van der Waals surface area contributed by atoms with Crippen molar-refractivity contribution in [3.8, 4) is 5.75 Å². The number of amides is 2. The van der Waals surface area contributed by atoms with Crippen molar-refractivity contribution in [1.82, 2.24) is 0 Å². The van der Waals surface area contributed by atoms with Crippen molar-refractivity contribution in [2.45, 2.75) is 20.3 Å². The Morgan fingerprint density at radius 3 is 2.35 bits per heavy atom. The Kier molecular flexibility index (Phi) is 6.66. The number of halogens is 2. The summed E-state index contributed by atoms with van der Waals surface area (Å²) in [5.74, 6) is -2.02. The molecule has 0 radical (unpaired) electrons. The van der Waals surface area contributed by atoms with Gasteiger partial charge in [-0.25, -0.2) is 8.78 Å². The zero-order valence-corrected chi connectivity index (χ0v) is 14.6. The topological polar surface area (TPSA) is 58.6 Å². The number of nitrogens with zero attached hydrogens (tertiary/aromatic N) is 1. The zero-order valence-electron chi connectivity index (χ0n) is 14.6. The van der Waals surface area contributed by atoms with Crippen molar-refractivity contribution in [2.75, 3.05) is 23.4 Å². The van der Waals surface area contributed by atoms with Crippen LogP contribution in [0.5, 0.6) is 5.75 Å². The lowest BCUT2D eigenvalue weighted by Gasteiger charge is -2.21. The maximum atomic E-state index is 13.4. The van der Waals surface area contributed by atoms with Gasteiger partial charge in [-0.3, -0.25) is 9.59 Å². The van der Waals surface area contributed by atoms with E-state index in [0.29, 0.717) is 18.0 Å². The molecule has 0 aromatic heterocycles. The molecule has 0 spiro atoms. The summed E-state index contributed by atoms with van der Waals surface area (Å²) >= 11 is 0. The fourth-order valence-corrected chi connectivity index (χ4v) is 2.36. The van der Waals surface area contributed by atoms with Crippen LogP contribution in [0.25, 0.3) is 0 Å². The summed E-state index contributed by atoms with van der Waals surface area (Å²) in [4.78, 5) is 25.1. The van der Waals surface area contributed by atoms with Gasteiger partial charge in [-0.2, -0.15) is 0 Å². The predicted molar refractivity (Wildman–Crippen MR) is 95.2 cm³/mol. The van der Waals surface area contributed by atoms with E-state index < -0.39 is 11.6 Å². The summed E-state index contributed by atoms with van der Waals surface area (Å²) in [7, 11) is 0. The molecule has 26 heavy (non-hydrogen) atoms. The zero-order chi connectivity index (χ0) is 19.1. The summed E-state index contributed by atoms with van der Waals surface area (Å²) in [6, 6.07) is 10.1. The fraction of sp³-hybridized carbons (Fsp3) is 0.263. The molecule has 138 valence electrons. The summed E-state index contributed by atoms with van der Waals surface area (Å²) in [6.45, 7) is 3.77. The van der Waals surface area contributed by atoms with Crippen LogP contribution < -0.4 is 15.0 Å². The van der Waals surface area contributed by atoms with Crippen molar-refractivity contribution < 1.29 is 23.1 Å². The van der Waals surface area contributed by atoms with Crippen LogP contribution in [-0.2, 0) is 9.59 Å². The molecule has 0 unspecified atom stereocenters. The van der Waals surface area contributed by atoms with Gasteiger partial charge in [0.25, 0.3) is 0 Å². The van der Waals surface area contributed by atoms with Gasteiger partial charge < -0.3 is 15.0 Å². The van der Waals surface area contributed by atoms with Crippen molar-refractivity contribution in [2.24, 2.45) is 0 Å². The third kappa shape index (κ3) is 5.27. The van der Waals surface area contributed by atoms with E-state index in [0.717, 1.165) is 12.1 Å². The van der Waals surface area contributed by atoms with Gasteiger partial charge in [-0.1, -0.05) is 0 Å². The molecule has 0 aliphatic rings. The Morgan fingerprint density at radius 1 is 1.08 bits per heavy atom. The Labute approximate surface area is 150 Å². The molecule has 5 nitrogen and oxygen atoms in total. The third-order valence-electron chi connectivity index (χ3n) is 3.61. The minimum atomic E-state index is -1.05. The molecule has 0 saturated heterocycles. The maximum absolute atomic E-state index is 13.4. The first-order chi connectivity index (χ1) is 12.4. The third-order valence-corrected chi connectivity index (χ3v) is 3.61. The smallest absolute Gasteiger partial charge is 0.226 e.